The van der Waals surface area contributed by atoms with Crippen LogP contribution in [0.2, 0.25) is 0 Å². The van der Waals surface area contributed by atoms with Gasteiger partial charge in [0.15, 0.2) is 0 Å². The third kappa shape index (κ3) is 3.30. The fraction of sp³-hybridized carbons (Fsp3) is 0.182. The second kappa shape index (κ2) is 5.11. The minimum atomic E-state index is -1.05. The molecule has 0 aromatic heterocycles. The van der Waals surface area contributed by atoms with E-state index in [4.69, 9.17) is 16.2 Å². The summed E-state index contributed by atoms with van der Waals surface area (Å²) in [5.74, 6) is -1.23. The summed E-state index contributed by atoms with van der Waals surface area (Å²) in [7, 11) is 0. The van der Waals surface area contributed by atoms with Gasteiger partial charge >= 0.3 is 5.97 Å². The molecule has 0 unspecified atom stereocenters. The standard InChI is InChI=1S/C11H13N3O3/c1-6(11(16)17)14-5-8-4-7(10(12)13)2-3-9(8)15/h2-6,15H,1H3,(H3,12,13)(H,16,17)/t6-/m0/s1. The van der Waals surface area contributed by atoms with Crippen molar-refractivity contribution in [3.05, 3.63) is 29.3 Å². The first kappa shape index (κ1) is 12.7. The fourth-order valence-corrected chi connectivity index (χ4v) is 1.08. The Bertz CT molecular complexity index is 483. The molecule has 5 N–H and O–H groups in total. The number of aromatic hydroxyl groups is 1. The molecule has 17 heavy (non-hydrogen) atoms. The van der Waals surface area contributed by atoms with Crippen LogP contribution in [0.25, 0.3) is 0 Å². The van der Waals surface area contributed by atoms with E-state index in [2.05, 4.69) is 4.99 Å². The average Bonchev–Trinajstić information content (AvgIpc) is 2.26. The zero-order chi connectivity index (χ0) is 13.0. The predicted molar refractivity (Wildman–Crippen MR) is 63.8 cm³/mol. The van der Waals surface area contributed by atoms with E-state index in [1.165, 1.54) is 31.3 Å². The van der Waals surface area contributed by atoms with E-state index in [1.54, 1.807) is 0 Å². The summed E-state index contributed by atoms with van der Waals surface area (Å²) in [5.41, 5.74) is 6.06. The number of hydrogen-bond donors (Lipinski definition) is 4. The van der Waals surface area contributed by atoms with Gasteiger partial charge in [0.2, 0.25) is 0 Å². The molecule has 1 rings (SSSR count). The number of nitrogens with one attached hydrogen (secondary N) is 1. The lowest BCUT2D eigenvalue weighted by Gasteiger charge is -2.03. The summed E-state index contributed by atoms with van der Waals surface area (Å²) in [6.45, 7) is 1.42. The molecule has 0 aliphatic carbocycles. The lowest BCUT2D eigenvalue weighted by molar-refractivity contribution is -0.137. The number of aliphatic imine (C=N–C) groups is 1. The van der Waals surface area contributed by atoms with Gasteiger partial charge in [-0.15, -0.1) is 0 Å². The summed E-state index contributed by atoms with van der Waals surface area (Å²) in [4.78, 5) is 14.3. The van der Waals surface area contributed by atoms with E-state index < -0.39 is 12.0 Å². The van der Waals surface area contributed by atoms with Crippen LogP contribution in [0, 0.1) is 5.41 Å². The molecular formula is C11H13N3O3. The summed E-state index contributed by atoms with van der Waals surface area (Å²) in [6.07, 6.45) is 1.25. The van der Waals surface area contributed by atoms with Crippen molar-refractivity contribution in [3.8, 4) is 5.75 Å². The quantitative estimate of drug-likeness (QED) is 0.450. The lowest BCUT2D eigenvalue weighted by atomic mass is 10.1. The number of carbonyl (C=O) groups is 1. The van der Waals surface area contributed by atoms with E-state index in [0.717, 1.165) is 0 Å². The van der Waals surface area contributed by atoms with Crippen LogP contribution in [0.4, 0.5) is 0 Å². The zero-order valence-corrected chi connectivity index (χ0v) is 9.21. The van der Waals surface area contributed by atoms with Gasteiger partial charge in [0.25, 0.3) is 0 Å². The molecule has 0 aliphatic heterocycles. The monoisotopic (exact) mass is 235 g/mol. The first-order chi connectivity index (χ1) is 7.91. The minimum Gasteiger partial charge on any atom is -0.507 e. The zero-order valence-electron chi connectivity index (χ0n) is 9.21. The van der Waals surface area contributed by atoms with E-state index >= 15 is 0 Å². The molecule has 0 fully saturated rings. The smallest absolute Gasteiger partial charge is 0.328 e. The third-order valence-corrected chi connectivity index (χ3v) is 2.13. The van der Waals surface area contributed by atoms with Crippen molar-refractivity contribution in [2.45, 2.75) is 13.0 Å². The van der Waals surface area contributed by atoms with Crippen molar-refractivity contribution in [1.29, 1.82) is 5.41 Å². The molecule has 0 aliphatic rings. The van der Waals surface area contributed by atoms with E-state index in [9.17, 15) is 9.90 Å². The van der Waals surface area contributed by atoms with Crippen LogP contribution in [0.3, 0.4) is 0 Å². The topological polar surface area (TPSA) is 120 Å². The largest absolute Gasteiger partial charge is 0.507 e. The van der Waals surface area contributed by atoms with Crippen LogP contribution in [-0.4, -0.2) is 34.3 Å². The van der Waals surface area contributed by atoms with Crippen LogP contribution in [0.15, 0.2) is 23.2 Å². The van der Waals surface area contributed by atoms with Gasteiger partial charge in [0.05, 0.1) is 0 Å². The Balaban J connectivity index is 3.01. The summed E-state index contributed by atoms with van der Waals surface area (Å²) >= 11 is 0. The second-order valence-electron chi connectivity index (χ2n) is 3.48. The molecule has 0 saturated carbocycles. The van der Waals surface area contributed by atoms with Crippen LogP contribution >= 0.6 is 0 Å². The van der Waals surface area contributed by atoms with Crippen molar-refractivity contribution >= 4 is 18.0 Å². The van der Waals surface area contributed by atoms with Gasteiger partial charge in [0, 0.05) is 17.3 Å². The van der Waals surface area contributed by atoms with Crippen LogP contribution in [-0.2, 0) is 4.79 Å². The second-order valence-corrected chi connectivity index (χ2v) is 3.48. The maximum absolute atomic E-state index is 10.6. The number of nitrogens with zero attached hydrogens (tertiary/aromatic N) is 1. The number of benzene rings is 1. The van der Waals surface area contributed by atoms with Crippen LogP contribution in [0.5, 0.6) is 5.75 Å². The number of aliphatic carboxylic acids is 1. The number of nitrogen functional groups attached to an aromatic ring is 1. The number of carboxylic acid groups (broad SMARTS) is 1. The molecule has 0 heterocycles. The Morgan fingerprint density at radius 3 is 2.76 bits per heavy atom. The van der Waals surface area contributed by atoms with Crippen molar-refractivity contribution in [2.24, 2.45) is 10.7 Å². The highest BCUT2D eigenvalue weighted by Crippen LogP contribution is 2.16. The van der Waals surface area contributed by atoms with Crippen molar-refractivity contribution < 1.29 is 15.0 Å². The van der Waals surface area contributed by atoms with E-state index in [-0.39, 0.29) is 11.6 Å². The van der Waals surface area contributed by atoms with E-state index in [0.29, 0.717) is 11.1 Å². The number of phenolic OH excluding ortho intramolecular Hbond substituents is 1. The molecule has 0 amide bonds. The van der Waals surface area contributed by atoms with Gasteiger partial charge in [0.1, 0.15) is 17.6 Å². The maximum Gasteiger partial charge on any atom is 0.328 e. The normalized spacial score (nSPS) is 12.5. The van der Waals surface area contributed by atoms with Crippen molar-refractivity contribution in [3.63, 3.8) is 0 Å². The molecule has 0 spiro atoms. The Morgan fingerprint density at radius 1 is 1.59 bits per heavy atom. The van der Waals surface area contributed by atoms with Crippen molar-refractivity contribution in [2.75, 3.05) is 0 Å². The molecule has 0 bridgehead atoms. The van der Waals surface area contributed by atoms with E-state index in [1.807, 2.05) is 0 Å². The lowest BCUT2D eigenvalue weighted by Crippen LogP contribution is -2.13. The van der Waals surface area contributed by atoms with Crippen LogP contribution in [0.1, 0.15) is 18.1 Å². The van der Waals surface area contributed by atoms with Gasteiger partial charge < -0.3 is 15.9 Å². The highest BCUT2D eigenvalue weighted by Gasteiger charge is 2.08. The average molecular weight is 235 g/mol. The first-order valence-corrected chi connectivity index (χ1v) is 4.85. The van der Waals surface area contributed by atoms with Gasteiger partial charge in [-0.2, -0.15) is 0 Å². The SMILES string of the molecule is C[C@H](N=Cc1cc(C(=N)N)ccc1O)C(=O)O. The summed E-state index contributed by atoms with van der Waals surface area (Å²) in [6, 6.07) is 3.45. The maximum atomic E-state index is 10.6. The molecule has 0 radical (unpaired) electrons. The summed E-state index contributed by atoms with van der Waals surface area (Å²) < 4.78 is 0. The van der Waals surface area contributed by atoms with Gasteiger partial charge in [-0.3, -0.25) is 10.4 Å². The number of hydrogen-bond acceptors (Lipinski definition) is 4. The minimum absolute atomic E-state index is 0.0451. The van der Waals surface area contributed by atoms with Gasteiger partial charge in [-0.05, 0) is 25.1 Å². The van der Waals surface area contributed by atoms with Gasteiger partial charge in [-0.1, -0.05) is 0 Å². The Labute approximate surface area is 97.9 Å². The number of phenols is 1. The molecule has 6 nitrogen and oxygen atoms in total. The molecule has 1 aromatic rings. The predicted octanol–water partition coefficient (Wildman–Crippen LogP) is 0.568. The van der Waals surface area contributed by atoms with Crippen LogP contribution < -0.4 is 5.73 Å². The molecule has 0 saturated heterocycles. The van der Waals surface area contributed by atoms with Crippen molar-refractivity contribution in [1.82, 2.24) is 0 Å². The summed E-state index contributed by atoms with van der Waals surface area (Å²) in [5, 5.41) is 25.4. The third-order valence-electron chi connectivity index (χ3n) is 2.13. The highest BCUT2D eigenvalue weighted by atomic mass is 16.4. The Kier molecular flexibility index (Phi) is 3.82. The molecule has 6 heteroatoms. The number of nitrogens with two attached hydrogens (primary N) is 1. The Morgan fingerprint density at radius 2 is 2.24 bits per heavy atom. The highest BCUT2D eigenvalue weighted by molar-refractivity contribution is 5.97. The number of carboxylic acids is 1. The molecule has 1 aromatic carbocycles. The van der Waals surface area contributed by atoms with Gasteiger partial charge in [-0.25, -0.2) is 4.79 Å². The number of amidine groups is 1. The fourth-order valence-electron chi connectivity index (χ4n) is 1.08. The first-order valence-electron chi connectivity index (χ1n) is 4.85. The molecule has 90 valence electrons. The molecular weight excluding hydrogens is 222 g/mol. The molecule has 1 atom stereocenters. The Hall–Kier alpha value is -2.37. The number of rotatable bonds is 4.